The van der Waals surface area contributed by atoms with Gasteiger partial charge in [-0.15, -0.1) is 0 Å². The molecular weight excluding hydrogens is 326 g/mol. The highest BCUT2D eigenvalue weighted by atomic mass is 19.4. The van der Waals surface area contributed by atoms with Gasteiger partial charge in [-0.3, -0.25) is 4.99 Å². The molecule has 0 fully saturated rings. The second-order valence-electron chi connectivity index (χ2n) is 5.25. The Hall–Kier alpha value is -1.99. The van der Waals surface area contributed by atoms with Gasteiger partial charge < -0.3 is 15.0 Å². The average Bonchev–Trinajstić information content (AvgIpc) is 2.51. The summed E-state index contributed by atoms with van der Waals surface area (Å²) in [5, 5.41) is 2.99. The average molecular weight is 349 g/mol. The van der Waals surface area contributed by atoms with Crippen LogP contribution in [0.4, 0.5) is 17.6 Å². The number of ether oxygens (including phenoxy) is 1. The van der Waals surface area contributed by atoms with Crippen molar-refractivity contribution >= 4 is 5.96 Å². The van der Waals surface area contributed by atoms with Crippen LogP contribution in [0.25, 0.3) is 0 Å². The van der Waals surface area contributed by atoms with Gasteiger partial charge in [-0.2, -0.15) is 13.2 Å². The van der Waals surface area contributed by atoms with Crippen LogP contribution in [0.5, 0.6) is 5.75 Å². The molecule has 24 heavy (non-hydrogen) atoms. The van der Waals surface area contributed by atoms with E-state index in [2.05, 4.69) is 10.3 Å². The predicted octanol–water partition coefficient (Wildman–Crippen LogP) is 3.44. The van der Waals surface area contributed by atoms with Gasteiger partial charge in [0.1, 0.15) is 6.61 Å². The van der Waals surface area contributed by atoms with E-state index < -0.39 is 18.4 Å². The van der Waals surface area contributed by atoms with Gasteiger partial charge in [-0.05, 0) is 25.0 Å². The number of likely N-dealkylation sites (N-methyl/N-ethyl adjacent to an activating group) is 1. The molecule has 0 unspecified atom stereocenters. The number of guanidine groups is 1. The van der Waals surface area contributed by atoms with Gasteiger partial charge in [0.25, 0.3) is 0 Å². The summed E-state index contributed by atoms with van der Waals surface area (Å²) in [5.41, 5.74) is 0. The van der Waals surface area contributed by atoms with Crippen molar-refractivity contribution < 1.29 is 22.3 Å². The molecule has 0 saturated heterocycles. The van der Waals surface area contributed by atoms with Crippen LogP contribution in [0.1, 0.15) is 19.3 Å². The first-order chi connectivity index (χ1) is 11.3. The molecule has 0 aliphatic carbocycles. The van der Waals surface area contributed by atoms with Crippen LogP contribution in [-0.4, -0.2) is 50.8 Å². The van der Waals surface area contributed by atoms with Crippen molar-refractivity contribution in [1.82, 2.24) is 10.2 Å². The number of alkyl halides is 3. The van der Waals surface area contributed by atoms with Crippen LogP contribution in [0.15, 0.2) is 29.3 Å². The largest absolute Gasteiger partial charge is 0.489 e. The smallest absolute Gasteiger partial charge is 0.389 e. The van der Waals surface area contributed by atoms with Gasteiger partial charge in [0.2, 0.25) is 0 Å². The number of unbranched alkanes of at least 4 members (excludes halogenated alkanes) is 1. The summed E-state index contributed by atoms with van der Waals surface area (Å²) >= 11 is 0. The number of nitrogens with one attached hydrogen (secondary N) is 1. The number of halogens is 4. The van der Waals surface area contributed by atoms with Crippen molar-refractivity contribution in [3.63, 3.8) is 0 Å². The van der Waals surface area contributed by atoms with Crippen LogP contribution >= 0.6 is 0 Å². The normalized spacial score (nSPS) is 12.2. The van der Waals surface area contributed by atoms with E-state index in [0.717, 1.165) is 0 Å². The van der Waals surface area contributed by atoms with E-state index in [1.807, 2.05) is 0 Å². The first-order valence-corrected chi connectivity index (χ1v) is 7.69. The van der Waals surface area contributed by atoms with Crippen LogP contribution < -0.4 is 10.1 Å². The molecule has 0 bridgehead atoms. The summed E-state index contributed by atoms with van der Waals surface area (Å²) in [6.07, 6.45) is -4.41. The Morgan fingerprint density at radius 3 is 2.58 bits per heavy atom. The number of nitrogens with zero attached hydrogens (tertiary/aromatic N) is 2. The molecule has 0 amide bonds. The second kappa shape index (κ2) is 10.00. The van der Waals surface area contributed by atoms with E-state index in [1.54, 1.807) is 37.2 Å². The van der Waals surface area contributed by atoms with E-state index in [4.69, 9.17) is 4.74 Å². The molecule has 0 atom stereocenters. The SMILES string of the molecule is CN=C(NCCCCC(F)(F)F)N(C)CCOc1ccccc1F. The fourth-order valence-corrected chi connectivity index (χ4v) is 2.00. The minimum atomic E-state index is -4.11. The quantitative estimate of drug-likeness (QED) is 0.338. The van der Waals surface area contributed by atoms with E-state index >= 15 is 0 Å². The van der Waals surface area contributed by atoms with E-state index in [-0.39, 0.29) is 18.8 Å². The highest BCUT2D eigenvalue weighted by Crippen LogP contribution is 2.21. The lowest BCUT2D eigenvalue weighted by atomic mass is 10.2. The second-order valence-corrected chi connectivity index (χ2v) is 5.25. The van der Waals surface area contributed by atoms with Crippen LogP contribution in [0.2, 0.25) is 0 Å². The monoisotopic (exact) mass is 349 g/mol. The lowest BCUT2D eigenvalue weighted by molar-refractivity contribution is -0.135. The van der Waals surface area contributed by atoms with Gasteiger partial charge in [-0.1, -0.05) is 12.1 Å². The Kier molecular flexibility index (Phi) is 8.35. The number of rotatable bonds is 8. The minimum Gasteiger partial charge on any atom is -0.489 e. The number of hydrogen-bond donors (Lipinski definition) is 1. The molecule has 8 heteroatoms. The fraction of sp³-hybridized carbons (Fsp3) is 0.562. The zero-order valence-corrected chi connectivity index (χ0v) is 13.9. The minimum absolute atomic E-state index is 0.0770. The molecule has 1 N–H and O–H groups in total. The molecule has 0 heterocycles. The first kappa shape index (κ1) is 20.1. The lowest BCUT2D eigenvalue weighted by Crippen LogP contribution is -2.41. The van der Waals surface area contributed by atoms with Gasteiger partial charge in [0, 0.05) is 27.1 Å². The molecule has 1 rings (SSSR count). The van der Waals surface area contributed by atoms with Gasteiger partial charge in [0.05, 0.1) is 6.54 Å². The summed E-state index contributed by atoms with van der Waals surface area (Å²) in [7, 11) is 3.36. The molecule has 0 radical (unpaired) electrons. The summed E-state index contributed by atoms with van der Waals surface area (Å²) in [5.74, 6) is 0.312. The third-order valence-corrected chi connectivity index (χ3v) is 3.26. The summed E-state index contributed by atoms with van der Waals surface area (Å²) < 4.78 is 54.9. The maximum atomic E-state index is 13.4. The zero-order valence-electron chi connectivity index (χ0n) is 13.9. The first-order valence-electron chi connectivity index (χ1n) is 7.69. The van der Waals surface area contributed by atoms with Crippen molar-refractivity contribution in [2.24, 2.45) is 4.99 Å². The maximum Gasteiger partial charge on any atom is 0.389 e. The van der Waals surface area contributed by atoms with Gasteiger partial charge >= 0.3 is 6.18 Å². The molecule has 1 aromatic carbocycles. The van der Waals surface area contributed by atoms with E-state index in [1.165, 1.54) is 6.07 Å². The lowest BCUT2D eigenvalue weighted by Gasteiger charge is -2.22. The molecule has 136 valence electrons. The van der Waals surface area contributed by atoms with Crippen LogP contribution in [-0.2, 0) is 0 Å². The van der Waals surface area contributed by atoms with Crippen molar-refractivity contribution in [3.05, 3.63) is 30.1 Å². The standard InChI is InChI=1S/C16H23F4N3O/c1-21-15(22-10-6-5-9-16(18,19)20)23(2)11-12-24-14-8-4-3-7-13(14)17/h3-4,7-8H,5-6,9-12H2,1-2H3,(H,21,22). The number of hydrogen-bond acceptors (Lipinski definition) is 2. The zero-order chi connectivity index (χ0) is 18.0. The summed E-state index contributed by atoms with van der Waals surface area (Å²) in [4.78, 5) is 5.83. The van der Waals surface area contributed by atoms with Gasteiger partial charge in [-0.25, -0.2) is 4.39 Å². The Balaban J connectivity index is 2.26. The molecule has 0 aliphatic heterocycles. The predicted molar refractivity (Wildman–Crippen MR) is 85.8 cm³/mol. The molecule has 0 aromatic heterocycles. The van der Waals surface area contributed by atoms with E-state index in [9.17, 15) is 17.6 Å². The highest BCUT2D eigenvalue weighted by Gasteiger charge is 2.25. The van der Waals surface area contributed by atoms with Crippen LogP contribution in [0, 0.1) is 5.82 Å². The Morgan fingerprint density at radius 1 is 1.25 bits per heavy atom. The Morgan fingerprint density at radius 2 is 1.96 bits per heavy atom. The summed E-state index contributed by atoms with van der Waals surface area (Å²) in [6, 6.07) is 6.13. The van der Waals surface area contributed by atoms with Gasteiger partial charge in [0.15, 0.2) is 17.5 Å². The number of para-hydroxylation sites is 1. The van der Waals surface area contributed by atoms with Crippen molar-refractivity contribution in [3.8, 4) is 5.75 Å². The fourth-order valence-electron chi connectivity index (χ4n) is 2.00. The van der Waals surface area contributed by atoms with Crippen molar-refractivity contribution in [2.45, 2.75) is 25.4 Å². The highest BCUT2D eigenvalue weighted by molar-refractivity contribution is 5.79. The third-order valence-electron chi connectivity index (χ3n) is 3.26. The topological polar surface area (TPSA) is 36.9 Å². The molecule has 0 aliphatic rings. The molecule has 0 spiro atoms. The van der Waals surface area contributed by atoms with Crippen molar-refractivity contribution in [2.75, 3.05) is 33.8 Å². The Labute approximate surface area is 139 Å². The van der Waals surface area contributed by atoms with Crippen LogP contribution in [0.3, 0.4) is 0 Å². The van der Waals surface area contributed by atoms with Crippen molar-refractivity contribution in [1.29, 1.82) is 0 Å². The molecular formula is C16H23F4N3O. The molecule has 0 saturated carbocycles. The molecule has 1 aromatic rings. The van der Waals surface area contributed by atoms with E-state index in [0.29, 0.717) is 25.5 Å². The third kappa shape index (κ3) is 8.03. The molecule has 4 nitrogen and oxygen atoms in total. The number of benzene rings is 1. The summed E-state index contributed by atoms with van der Waals surface area (Å²) in [6.45, 7) is 1.12. The maximum absolute atomic E-state index is 13.4. The Bertz CT molecular complexity index is 520. The number of aliphatic imine (C=N–C) groups is 1.